The molecule has 4 fully saturated rings. The number of likely N-dealkylation sites (tertiary alicyclic amines) is 1. The molecule has 1 spiro atoms. The lowest BCUT2D eigenvalue weighted by Gasteiger charge is -2.42. The van der Waals surface area contributed by atoms with Crippen LogP contribution in [-0.2, 0) is 23.9 Å². The number of carbonyl (C=O) groups excluding carboxylic acids is 3. The molecule has 0 aromatic carbocycles. The van der Waals surface area contributed by atoms with Gasteiger partial charge in [0, 0.05) is 12.6 Å². The number of nitrogens with zero attached hydrogens (tertiary/aromatic N) is 2. The third kappa shape index (κ3) is 4.61. The molecule has 0 radical (unpaired) electrons. The first-order chi connectivity index (χ1) is 18.2. The normalized spacial score (nSPS) is 33.3. The minimum absolute atomic E-state index is 0.0521. The largest absolute Gasteiger partial charge is 0.461 e. The Bertz CT molecular complexity index is 930. The fourth-order valence-electron chi connectivity index (χ4n) is 7.85. The van der Waals surface area contributed by atoms with E-state index in [4.69, 9.17) is 9.47 Å². The molecule has 2 bridgehead atoms. The van der Waals surface area contributed by atoms with Gasteiger partial charge in [0.15, 0.2) is 0 Å². The van der Waals surface area contributed by atoms with Crippen molar-refractivity contribution in [3.05, 3.63) is 25.3 Å². The zero-order chi connectivity index (χ0) is 27.7. The number of aliphatic hydroxyl groups is 1. The summed E-state index contributed by atoms with van der Waals surface area (Å²) >= 11 is 0. The fourth-order valence-corrected chi connectivity index (χ4v) is 7.85. The van der Waals surface area contributed by atoms with E-state index in [2.05, 4.69) is 13.2 Å². The highest BCUT2D eigenvalue weighted by Gasteiger charge is 2.79. The first-order valence-corrected chi connectivity index (χ1v) is 14.5. The molecule has 3 aliphatic heterocycles. The fraction of sp³-hybridized carbons (Fsp3) is 0.767. The smallest absolute Gasteiger partial charge is 0.313 e. The van der Waals surface area contributed by atoms with E-state index in [1.807, 2.05) is 25.7 Å². The predicted molar refractivity (Wildman–Crippen MR) is 144 cm³/mol. The number of hydrogen-bond donors (Lipinski definition) is 1. The van der Waals surface area contributed by atoms with Gasteiger partial charge in [-0.3, -0.25) is 14.4 Å². The number of fused-ring (bicyclic) bond motifs is 1. The Labute approximate surface area is 227 Å². The van der Waals surface area contributed by atoms with E-state index in [0.29, 0.717) is 32.2 Å². The lowest BCUT2D eigenvalue weighted by atomic mass is 9.65. The molecule has 0 aromatic heterocycles. The molecule has 1 saturated carbocycles. The van der Waals surface area contributed by atoms with Gasteiger partial charge in [-0.1, -0.05) is 58.8 Å². The molecule has 1 N–H and O–H groups in total. The lowest BCUT2D eigenvalue weighted by Crippen LogP contribution is -2.60. The van der Waals surface area contributed by atoms with Gasteiger partial charge in [0.2, 0.25) is 11.8 Å². The summed E-state index contributed by atoms with van der Waals surface area (Å²) in [5, 5.41) is 10.5. The molecule has 2 amide bonds. The molecule has 2 unspecified atom stereocenters. The van der Waals surface area contributed by atoms with E-state index in [0.717, 1.165) is 32.1 Å². The van der Waals surface area contributed by atoms with Gasteiger partial charge in [0.05, 0.1) is 24.2 Å². The van der Waals surface area contributed by atoms with Gasteiger partial charge in [-0.15, -0.1) is 6.58 Å². The molecule has 6 atom stereocenters. The third-order valence-electron chi connectivity index (χ3n) is 9.42. The van der Waals surface area contributed by atoms with Crippen LogP contribution in [0.4, 0.5) is 0 Å². The monoisotopic (exact) mass is 530 g/mol. The van der Waals surface area contributed by atoms with E-state index in [1.54, 1.807) is 11.0 Å². The summed E-state index contributed by atoms with van der Waals surface area (Å²) in [6.45, 7) is 13.8. The molecule has 8 nitrogen and oxygen atoms in total. The Morgan fingerprint density at radius 2 is 1.92 bits per heavy atom. The average molecular weight is 531 g/mol. The molecular weight excluding hydrogens is 484 g/mol. The summed E-state index contributed by atoms with van der Waals surface area (Å²) in [7, 11) is 0. The number of esters is 1. The average Bonchev–Trinajstić information content (AvgIpc) is 3.52. The van der Waals surface area contributed by atoms with Crippen LogP contribution in [0.5, 0.6) is 0 Å². The van der Waals surface area contributed by atoms with Gasteiger partial charge in [0.25, 0.3) is 0 Å². The predicted octanol–water partition coefficient (Wildman–Crippen LogP) is 3.62. The van der Waals surface area contributed by atoms with Crippen LogP contribution in [0.3, 0.4) is 0 Å². The second-order valence-corrected chi connectivity index (χ2v) is 12.0. The van der Waals surface area contributed by atoms with E-state index in [1.165, 1.54) is 6.08 Å². The SMILES string of the molecule is C=CCOC(=O)[C@@H]1[C@H]2C(=O)N([C@@H](CO)CC(C)C)C(C(=O)N(CC=C)C3CCCCC3)C23CC[C@@]1(CC)O3. The van der Waals surface area contributed by atoms with Crippen LogP contribution in [0.2, 0.25) is 0 Å². The van der Waals surface area contributed by atoms with Gasteiger partial charge in [-0.25, -0.2) is 0 Å². The first kappa shape index (κ1) is 28.8. The Balaban J connectivity index is 1.81. The highest BCUT2D eigenvalue weighted by atomic mass is 16.6. The van der Waals surface area contributed by atoms with Crippen LogP contribution in [0.15, 0.2) is 25.3 Å². The molecule has 212 valence electrons. The molecule has 1 aliphatic carbocycles. The van der Waals surface area contributed by atoms with Crippen LogP contribution in [-0.4, -0.2) is 81.8 Å². The van der Waals surface area contributed by atoms with Gasteiger partial charge < -0.3 is 24.4 Å². The van der Waals surface area contributed by atoms with Crippen molar-refractivity contribution in [2.75, 3.05) is 19.8 Å². The molecule has 4 rings (SSSR count). The van der Waals surface area contributed by atoms with Crippen molar-refractivity contribution in [3.8, 4) is 0 Å². The maximum atomic E-state index is 14.7. The quantitative estimate of drug-likeness (QED) is 0.306. The zero-order valence-electron chi connectivity index (χ0n) is 23.4. The summed E-state index contributed by atoms with van der Waals surface area (Å²) in [4.78, 5) is 46.0. The minimum atomic E-state index is -1.12. The first-order valence-electron chi connectivity index (χ1n) is 14.5. The second kappa shape index (κ2) is 11.5. The molecule has 3 heterocycles. The maximum Gasteiger partial charge on any atom is 0.313 e. The number of amides is 2. The van der Waals surface area contributed by atoms with Crippen molar-refractivity contribution in [2.24, 2.45) is 17.8 Å². The Hall–Kier alpha value is -2.19. The molecule has 0 aromatic rings. The summed E-state index contributed by atoms with van der Waals surface area (Å²) in [5.41, 5.74) is -1.97. The lowest BCUT2D eigenvalue weighted by molar-refractivity contribution is -0.163. The Kier molecular flexibility index (Phi) is 8.72. The van der Waals surface area contributed by atoms with Crippen LogP contribution in [0.1, 0.15) is 78.6 Å². The summed E-state index contributed by atoms with van der Waals surface area (Å²) in [6, 6.07) is -1.37. The molecular formula is C30H46N2O6. The minimum Gasteiger partial charge on any atom is -0.461 e. The maximum absolute atomic E-state index is 14.7. The van der Waals surface area contributed by atoms with E-state index < -0.39 is 41.1 Å². The van der Waals surface area contributed by atoms with Gasteiger partial charge in [0.1, 0.15) is 24.2 Å². The number of carbonyl (C=O) groups is 3. The van der Waals surface area contributed by atoms with Crippen LogP contribution in [0, 0.1) is 17.8 Å². The van der Waals surface area contributed by atoms with Crippen molar-refractivity contribution in [1.82, 2.24) is 9.80 Å². The summed E-state index contributed by atoms with van der Waals surface area (Å²) < 4.78 is 12.3. The zero-order valence-corrected chi connectivity index (χ0v) is 23.4. The molecule has 3 saturated heterocycles. The molecule has 38 heavy (non-hydrogen) atoms. The van der Waals surface area contributed by atoms with E-state index in [9.17, 15) is 19.5 Å². The standard InChI is InChI=1S/C30H46N2O6/c1-6-16-31(21-12-10-9-11-13-21)27(35)25-30-15-14-29(8-3,38-30)24(28(36)37-17-7-2)23(30)26(34)32(25)22(19-33)18-20(4)5/h6-7,20-25,33H,1-2,8-19H2,3-5H3/t22-,23+,24+,25?,29-,30?/m1/s1. The third-order valence-corrected chi connectivity index (χ3v) is 9.42. The molecule has 8 heteroatoms. The number of aliphatic hydroxyl groups excluding tert-OH is 1. The van der Waals surface area contributed by atoms with Crippen LogP contribution < -0.4 is 0 Å². The number of ether oxygens (including phenoxy) is 2. The van der Waals surface area contributed by atoms with Gasteiger partial charge in [-0.05, 0) is 44.4 Å². The summed E-state index contributed by atoms with van der Waals surface area (Å²) in [6.07, 6.45) is 10.6. The Morgan fingerprint density at radius 3 is 2.50 bits per heavy atom. The van der Waals surface area contributed by atoms with E-state index in [-0.39, 0.29) is 37.0 Å². The van der Waals surface area contributed by atoms with Crippen molar-refractivity contribution < 1.29 is 29.0 Å². The van der Waals surface area contributed by atoms with Crippen LogP contribution in [0.25, 0.3) is 0 Å². The van der Waals surface area contributed by atoms with Crippen molar-refractivity contribution in [1.29, 1.82) is 0 Å². The van der Waals surface area contributed by atoms with E-state index >= 15 is 0 Å². The van der Waals surface area contributed by atoms with Crippen LogP contribution >= 0.6 is 0 Å². The number of rotatable bonds is 12. The van der Waals surface area contributed by atoms with Gasteiger partial charge in [-0.2, -0.15) is 0 Å². The topological polar surface area (TPSA) is 96.4 Å². The van der Waals surface area contributed by atoms with Gasteiger partial charge >= 0.3 is 5.97 Å². The summed E-state index contributed by atoms with van der Waals surface area (Å²) in [5.74, 6) is -2.32. The second-order valence-electron chi connectivity index (χ2n) is 12.0. The van der Waals surface area contributed by atoms with Crippen molar-refractivity contribution >= 4 is 17.8 Å². The van der Waals surface area contributed by atoms with Crippen molar-refractivity contribution in [2.45, 2.75) is 108 Å². The Morgan fingerprint density at radius 1 is 1.21 bits per heavy atom. The molecule has 4 aliphatic rings. The van der Waals surface area contributed by atoms with Crippen molar-refractivity contribution in [3.63, 3.8) is 0 Å². The highest BCUT2D eigenvalue weighted by Crippen LogP contribution is 2.65. The highest BCUT2D eigenvalue weighted by molar-refractivity contribution is 5.99. The number of hydrogen-bond acceptors (Lipinski definition) is 6.